The molecule has 0 spiro atoms. The molecular weight excluding hydrogens is 739 g/mol. The van der Waals surface area contributed by atoms with Gasteiger partial charge >= 0.3 is 0 Å². The summed E-state index contributed by atoms with van der Waals surface area (Å²) in [5.41, 5.74) is 6.03. The van der Waals surface area contributed by atoms with Crippen molar-refractivity contribution in [2.45, 2.75) is 84.7 Å². The number of hydrogen-bond acceptors (Lipinski definition) is 8. The van der Waals surface area contributed by atoms with Crippen LogP contribution in [0.1, 0.15) is 101 Å². The number of benzene rings is 4. The second-order valence-electron chi connectivity index (χ2n) is 15.4. The number of para-hydroxylation sites is 2. The Morgan fingerprint density at radius 2 is 0.983 bits per heavy atom. The van der Waals surface area contributed by atoms with Gasteiger partial charge in [0, 0.05) is 87.2 Å². The van der Waals surface area contributed by atoms with Crippen molar-refractivity contribution in [1.29, 1.82) is 0 Å². The van der Waals surface area contributed by atoms with Gasteiger partial charge in [0.1, 0.15) is 11.5 Å². The minimum Gasteiger partial charge on any atom is -0.513 e. The van der Waals surface area contributed by atoms with Crippen LogP contribution in [-0.4, -0.2) is 90.8 Å². The van der Waals surface area contributed by atoms with Crippen LogP contribution in [0.3, 0.4) is 0 Å². The lowest BCUT2D eigenvalue weighted by molar-refractivity contribution is -0.133. The second kappa shape index (κ2) is 25.3. The first-order valence-electron chi connectivity index (χ1n) is 21.1. The zero-order valence-corrected chi connectivity index (χ0v) is 35.8. The molecule has 316 valence electrons. The number of piperidine rings is 1. The van der Waals surface area contributed by atoms with Gasteiger partial charge in [-0.3, -0.25) is 24.2 Å². The van der Waals surface area contributed by atoms with Crippen molar-refractivity contribution < 1.29 is 29.0 Å². The summed E-state index contributed by atoms with van der Waals surface area (Å²) in [6.45, 7) is 14.8. The molecule has 4 aromatic rings. The van der Waals surface area contributed by atoms with Gasteiger partial charge in [0.2, 0.25) is 5.91 Å². The molecule has 2 aliphatic rings. The van der Waals surface area contributed by atoms with E-state index in [1.807, 2.05) is 97.6 Å². The van der Waals surface area contributed by atoms with E-state index in [1.165, 1.54) is 43.5 Å². The highest BCUT2D eigenvalue weighted by atomic mass is 16.5. The van der Waals surface area contributed by atoms with Gasteiger partial charge in [-0.15, -0.1) is 0 Å². The third-order valence-corrected chi connectivity index (χ3v) is 10.9. The maximum Gasteiger partial charge on any atom is 0.222 e. The minimum absolute atomic E-state index is 0.123. The van der Waals surface area contributed by atoms with E-state index < -0.39 is 0 Å². The van der Waals surface area contributed by atoms with E-state index in [1.54, 1.807) is 14.2 Å². The van der Waals surface area contributed by atoms with Gasteiger partial charge in [0.25, 0.3) is 0 Å². The van der Waals surface area contributed by atoms with Crippen LogP contribution in [0.4, 0.5) is 0 Å². The number of methoxy groups -OCH3 is 2. The molecule has 6 rings (SSSR count). The van der Waals surface area contributed by atoms with Crippen molar-refractivity contribution in [2.75, 3.05) is 53.5 Å². The largest absolute Gasteiger partial charge is 0.513 e. The predicted molar refractivity (Wildman–Crippen MR) is 237 cm³/mol. The molecule has 2 fully saturated rings. The molecule has 2 heterocycles. The van der Waals surface area contributed by atoms with Crippen molar-refractivity contribution in [1.82, 2.24) is 14.7 Å². The average molecular weight is 804 g/mol. The fourth-order valence-corrected chi connectivity index (χ4v) is 7.47. The molecule has 1 N–H and O–H groups in total. The minimum atomic E-state index is 0.123. The van der Waals surface area contributed by atoms with Gasteiger partial charge in [-0.1, -0.05) is 97.9 Å². The normalized spacial score (nSPS) is 14.2. The van der Waals surface area contributed by atoms with Crippen LogP contribution in [0.15, 0.2) is 109 Å². The topological polar surface area (TPSA) is 99.6 Å². The lowest BCUT2D eigenvalue weighted by atomic mass is 10.0. The van der Waals surface area contributed by atoms with E-state index in [4.69, 9.17) is 14.6 Å². The first-order chi connectivity index (χ1) is 28.6. The number of likely N-dealkylation sites (tertiary alicyclic amines) is 1. The summed E-state index contributed by atoms with van der Waals surface area (Å²) in [6, 6.07) is 31.6. The van der Waals surface area contributed by atoms with Gasteiger partial charge < -0.3 is 19.5 Å². The summed E-state index contributed by atoms with van der Waals surface area (Å²) < 4.78 is 10.8. The Kier molecular flexibility index (Phi) is 19.9. The fourth-order valence-electron chi connectivity index (χ4n) is 7.47. The third kappa shape index (κ3) is 15.8. The number of piperazine rings is 1. The molecule has 0 unspecified atom stereocenters. The smallest absolute Gasteiger partial charge is 0.222 e. The number of nitrogens with zero attached hydrogens (tertiary/aromatic N) is 3. The molecule has 0 radical (unpaired) electrons. The molecular formula is C50H65N3O6. The van der Waals surface area contributed by atoms with Crippen LogP contribution >= 0.6 is 0 Å². The van der Waals surface area contributed by atoms with Gasteiger partial charge in [-0.25, -0.2) is 0 Å². The quantitative estimate of drug-likeness (QED) is 0.0884. The lowest BCUT2D eigenvalue weighted by Gasteiger charge is -2.35. The standard InChI is InChI=1S/C24H30N2O3.C13H19NO.C13H16O2/c1-19-8-3-5-10-21(19)22(27)11-7-13-24(28)26-16-14-25(15-17-26)18-20-9-4-6-12-23(20)29-2;1-15-13-8-4-3-7-12(13)11-14-9-5-2-6-10-14;1-10-6-3-4-8-12(10)13(15)9-5-7-11(2)14/h3-6,8-10,12H,7,11,13-18H2,1-2H3;3-4,7-8H,2,5-6,9-11H2,1H3;3-4,6,8,14H,2,5,7,9H2,1H3. The molecule has 0 aromatic heterocycles. The Labute approximate surface area is 352 Å². The van der Waals surface area contributed by atoms with Crippen molar-refractivity contribution in [3.63, 3.8) is 0 Å². The van der Waals surface area contributed by atoms with Crippen LogP contribution in [0, 0.1) is 13.8 Å². The Morgan fingerprint density at radius 1 is 0.559 bits per heavy atom. The Balaban J connectivity index is 0.000000215. The van der Waals surface area contributed by atoms with Crippen LogP contribution in [-0.2, 0) is 17.9 Å². The van der Waals surface area contributed by atoms with Gasteiger partial charge in [0.05, 0.1) is 20.0 Å². The number of aryl methyl sites for hydroxylation is 2. The van der Waals surface area contributed by atoms with Gasteiger partial charge in [-0.2, -0.15) is 0 Å². The molecule has 2 aliphatic heterocycles. The number of hydrogen-bond donors (Lipinski definition) is 1. The number of ketones is 2. The highest BCUT2D eigenvalue weighted by molar-refractivity contribution is 5.98. The highest BCUT2D eigenvalue weighted by Crippen LogP contribution is 2.22. The van der Waals surface area contributed by atoms with E-state index in [9.17, 15) is 14.4 Å². The number of allylic oxidation sites excluding steroid dienone is 1. The fraction of sp³-hybridized carbons (Fsp3) is 0.420. The zero-order chi connectivity index (χ0) is 42.4. The molecule has 4 aromatic carbocycles. The summed E-state index contributed by atoms with van der Waals surface area (Å²) in [5, 5.41) is 8.88. The van der Waals surface area contributed by atoms with Crippen molar-refractivity contribution >= 4 is 17.5 Å². The highest BCUT2D eigenvalue weighted by Gasteiger charge is 2.22. The molecule has 0 bridgehead atoms. The van der Waals surface area contributed by atoms with Gasteiger partial charge in [-0.05, 0) is 75.9 Å². The maximum absolute atomic E-state index is 12.5. The molecule has 2 saturated heterocycles. The summed E-state index contributed by atoms with van der Waals surface area (Å²) >= 11 is 0. The zero-order valence-electron chi connectivity index (χ0n) is 35.8. The Morgan fingerprint density at radius 3 is 1.44 bits per heavy atom. The van der Waals surface area contributed by atoms with Crippen LogP contribution in [0.5, 0.6) is 11.5 Å². The summed E-state index contributed by atoms with van der Waals surface area (Å²) in [4.78, 5) is 43.4. The Hall–Kier alpha value is -5.25. The molecule has 0 saturated carbocycles. The molecule has 9 heteroatoms. The summed E-state index contributed by atoms with van der Waals surface area (Å²) in [7, 11) is 3.44. The molecule has 9 nitrogen and oxygen atoms in total. The van der Waals surface area contributed by atoms with Gasteiger partial charge in [0.15, 0.2) is 11.6 Å². The summed E-state index contributed by atoms with van der Waals surface area (Å²) in [6.07, 6.45) is 7.15. The van der Waals surface area contributed by atoms with E-state index >= 15 is 0 Å². The van der Waals surface area contributed by atoms with Crippen LogP contribution < -0.4 is 9.47 Å². The summed E-state index contributed by atoms with van der Waals surface area (Å²) in [5.74, 6) is 2.48. The number of carbonyl (C=O) groups is 3. The Bertz CT molecular complexity index is 1930. The van der Waals surface area contributed by atoms with Crippen molar-refractivity contribution in [2.24, 2.45) is 0 Å². The third-order valence-electron chi connectivity index (χ3n) is 10.9. The number of aliphatic hydroxyl groups is 1. The molecule has 0 atom stereocenters. The van der Waals surface area contributed by atoms with E-state index in [2.05, 4.69) is 34.6 Å². The SMILES string of the molecule is C=C(O)CCCC(=O)c1ccccc1C.COc1ccccc1CN1CCCCC1.COc1ccccc1CN1CCN(C(=O)CCCC(=O)c2ccccc2C)CC1. The molecule has 1 amide bonds. The monoisotopic (exact) mass is 803 g/mol. The number of rotatable bonds is 16. The molecule has 59 heavy (non-hydrogen) atoms. The number of carbonyl (C=O) groups excluding carboxylic acids is 3. The van der Waals surface area contributed by atoms with E-state index in [0.29, 0.717) is 38.5 Å². The first-order valence-corrected chi connectivity index (χ1v) is 21.1. The van der Waals surface area contributed by atoms with Crippen molar-refractivity contribution in [3.05, 3.63) is 143 Å². The van der Waals surface area contributed by atoms with Crippen LogP contribution in [0.25, 0.3) is 0 Å². The first kappa shape index (κ1) is 46.4. The van der Waals surface area contributed by atoms with E-state index in [-0.39, 0.29) is 23.2 Å². The van der Waals surface area contributed by atoms with Crippen molar-refractivity contribution in [3.8, 4) is 11.5 Å². The number of ether oxygens (including phenoxy) is 2. The lowest BCUT2D eigenvalue weighted by Crippen LogP contribution is -2.48. The molecule has 0 aliphatic carbocycles. The van der Waals surface area contributed by atoms with E-state index in [0.717, 1.165) is 73.0 Å². The maximum atomic E-state index is 12.5. The number of Topliss-reactive ketones (excluding diaryl/α,β-unsaturated/α-hetero) is 2. The second-order valence-corrected chi connectivity index (χ2v) is 15.4. The number of amides is 1. The van der Waals surface area contributed by atoms with Crippen LogP contribution in [0.2, 0.25) is 0 Å². The number of aliphatic hydroxyl groups excluding tert-OH is 1. The predicted octanol–water partition coefficient (Wildman–Crippen LogP) is 9.80. The average Bonchev–Trinajstić information content (AvgIpc) is 3.25.